The Balaban J connectivity index is 1.13. The lowest BCUT2D eigenvalue weighted by molar-refractivity contribution is 0.211. The molecule has 0 amide bonds. The molecule has 1 saturated heterocycles. The lowest BCUT2D eigenvalue weighted by Gasteiger charge is -2.32. The zero-order chi connectivity index (χ0) is 30.0. The van der Waals surface area contributed by atoms with Crippen molar-refractivity contribution in [1.82, 2.24) is 49.4 Å². The van der Waals surface area contributed by atoms with E-state index in [1.807, 2.05) is 48.1 Å². The third-order valence-corrected chi connectivity index (χ3v) is 7.74. The summed E-state index contributed by atoms with van der Waals surface area (Å²) in [6.07, 6.45) is 7.09. The number of fused-ring (bicyclic) bond motifs is 1. The van der Waals surface area contributed by atoms with Gasteiger partial charge in [0.15, 0.2) is 11.5 Å². The van der Waals surface area contributed by atoms with Gasteiger partial charge in [-0.1, -0.05) is 17.3 Å². The smallest absolute Gasteiger partial charge is 0.234 e. The molecule has 0 atom stereocenters. The van der Waals surface area contributed by atoms with Crippen molar-refractivity contribution in [3.63, 3.8) is 0 Å². The Morgan fingerprint density at radius 3 is 2.55 bits per heavy atom. The molecular weight excluding hydrogens is 554 g/mol. The summed E-state index contributed by atoms with van der Waals surface area (Å²) in [6, 6.07) is 20.2. The molecule has 0 aliphatic carbocycles. The second-order valence-electron chi connectivity index (χ2n) is 10.8. The lowest BCUT2D eigenvalue weighted by Crippen LogP contribution is -2.38. The van der Waals surface area contributed by atoms with E-state index in [1.54, 1.807) is 23.1 Å². The molecule has 5 aromatic heterocycles. The molecule has 1 aliphatic heterocycles. The molecule has 0 saturated carbocycles. The molecule has 0 radical (unpaired) electrons. The van der Waals surface area contributed by atoms with Crippen LogP contribution in [0.5, 0.6) is 0 Å². The van der Waals surface area contributed by atoms with Crippen LogP contribution in [0.1, 0.15) is 24.2 Å². The number of pyridine rings is 2. The highest BCUT2D eigenvalue weighted by Gasteiger charge is 2.21. The molecule has 0 unspecified atom stereocenters. The molecule has 1 aliphatic rings. The van der Waals surface area contributed by atoms with Crippen molar-refractivity contribution in [3.8, 4) is 34.5 Å². The van der Waals surface area contributed by atoms with Crippen LogP contribution < -0.4 is 11.1 Å². The predicted molar refractivity (Wildman–Crippen MR) is 165 cm³/mol. The number of nitrogens with two attached hydrogens (primary N) is 1. The number of anilines is 2. The van der Waals surface area contributed by atoms with Crippen LogP contribution in [0.4, 0.5) is 11.6 Å². The Kier molecular flexibility index (Phi) is 7.09. The number of nitriles is 1. The third-order valence-electron chi connectivity index (χ3n) is 7.74. The van der Waals surface area contributed by atoms with Crippen LogP contribution in [-0.4, -0.2) is 68.5 Å². The van der Waals surface area contributed by atoms with E-state index in [0.29, 0.717) is 40.5 Å². The van der Waals surface area contributed by atoms with Gasteiger partial charge in [0.05, 0.1) is 17.5 Å². The zero-order valence-corrected chi connectivity index (χ0v) is 24.0. The van der Waals surface area contributed by atoms with Crippen LogP contribution in [0.2, 0.25) is 0 Å². The Labute approximate surface area is 253 Å². The second kappa shape index (κ2) is 11.5. The average Bonchev–Trinajstić information content (AvgIpc) is 3.66. The summed E-state index contributed by atoms with van der Waals surface area (Å²) >= 11 is 0. The van der Waals surface area contributed by atoms with Crippen molar-refractivity contribution in [2.45, 2.75) is 25.4 Å². The van der Waals surface area contributed by atoms with Gasteiger partial charge in [-0.05, 0) is 60.9 Å². The fraction of sp³-hybridized carbons (Fsp3) is 0.226. The lowest BCUT2D eigenvalue weighted by atomic mass is 10.0. The van der Waals surface area contributed by atoms with Crippen LogP contribution >= 0.6 is 0 Å². The molecular formula is C31H29N13. The fourth-order valence-electron chi connectivity index (χ4n) is 5.54. The first-order valence-corrected chi connectivity index (χ1v) is 14.3. The Morgan fingerprint density at radius 1 is 0.955 bits per heavy atom. The van der Waals surface area contributed by atoms with E-state index in [9.17, 15) is 0 Å². The normalized spacial score (nSPS) is 14.1. The fourth-order valence-corrected chi connectivity index (χ4v) is 5.54. The van der Waals surface area contributed by atoms with Crippen LogP contribution in [0.25, 0.3) is 39.6 Å². The summed E-state index contributed by atoms with van der Waals surface area (Å²) in [6.45, 7) is 2.77. The predicted octanol–water partition coefficient (Wildman–Crippen LogP) is 3.60. The number of hydrogen-bond donors (Lipinski definition) is 2. The van der Waals surface area contributed by atoms with E-state index < -0.39 is 0 Å². The van der Waals surface area contributed by atoms with Gasteiger partial charge in [-0.15, -0.1) is 5.10 Å². The molecule has 0 spiro atoms. The maximum absolute atomic E-state index is 9.06. The quantitative estimate of drug-likeness (QED) is 0.282. The summed E-state index contributed by atoms with van der Waals surface area (Å²) in [5.41, 5.74) is 12.0. The number of nitrogen functional groups attached to an aromatic ring is 1. The van der Waals surface area contributed by atoms with Crippen LogP contribution in [0, 0.1) is 11.3 Å². The zero-order valence-electron chi connectivity index (χ0n) is 24.0. The van der Waals surface area contributed by atoms with E-state index in [0.717, 1.165) is 49.2 Å². The minimum absolute atomic E-state index is 0.178. The topological polar surface area (TPSA) is 165 Å². The van der Waals surface area contributed by atoms with E-state index in [-0.39, 0.29) is 5.82 Å². The summed E-state index contributed by atoms with van der Waals surface area (Å²) < 4.78 is 3.68. The minimum Gasteiger partial charge on any atom is -0.383 e. The maximum Gasteiger partial charge on any atom is 0.234 e. The Hall–Kier alpha value is -5.74. The van der Waals surface area contributed by atoms with Gasteiger partial charge in [-0.3, -0.25) is 14.1 Å². The number of benzene rings is 1. The maximum atomic E-state index is 9.06. The summed E-state index contributed by atoms with van der Waals surface area (Å²) in [4.78, 5) is 24.8. The van der Waals surface area contributed by atoms with Crippen LogP contribution in [0.3, 0.4) is 0 Å². The third kappa shape index (κ3) is 5.41. The van der Waals surface area contributed by atoms with E-state index >= 15 is 0 Å². The van der Waals surface area contributed by atoms with Crippen LogP contribution in [0.15, 0.2) is 73.2 Å². The molecule has 7 rings (SSSR count). The first kappa shape index (κ1) is 27.1. The molecule has 6 heterocycles. The molecule has 1 aromatic carbocycles. The standard InChI is InChI=1S/C31H29N13/c1-42-19-26(40-41-42)24-8-9-25-31(37-24)44(30(38-25)23-3-2-13-35-29(23)33)22-6-4-20(5-7-22)18-43-15-11-21(12-16-43)36-27-10-14-34-28(17-32)39-27/h2-10,13-14,19,21H,11-12,15-16,18H2,1H3,(H2,33,35)(H,34,36,39). The highest BCUT2D eigenvalue weighted by atomic mass is 15.4. The number of piperidine rings is 1. The van der Waals surface area contributed by atoms with Gasteiger partial charge in [0.25, 0.3) is 0 Å². The number of nitrogens with one attached hydrogen (secondary N) is 1. The molecule has 13 nitrogen and oxygen atoms in total. The second-order valence-corrected chi connectivity index (χ2v) is 10.8. The van der Waals surface area contributed by atoms with Gasteiger partial charge in [-0.2, -0.15) is 5.26 Å². The first-order valence-electron chi connectivity index (χ1n) is 14.3. The Morgan fingerprint density at radius 2 is 1.80 bits per heavy atom. The molecule has 0 bridgehead atoms. The van der Waals surface area contributed by atoms with Gasteiger partial charge in [0.2, 0.25) is 5.82 Å². The highest BCUT2D eigenvalue weighted by molar-refractivity contribution is 5.84. The van der Waals surface area contributed by atoms with Crippen molar-refractivity contribution < 1.29 is 0 Å². The number of imidazole rings is 1. The van der Waals surface area contributed by atoms with E-state index in [4.69, 9.17) is 21.0 Å². The van der Waals surface area contributed by atoms with Crippen molar-refractivity contribution in [3.05, 3.63) is 84.6 Å². The number of aromatic nitrogens is 9. The van der Waals surface area contributed by atoms with Gasteiger partial charge in [-0.25, -0.2) is 24.9 Å². The SMILES string of the molecule is Cn1cc(-c2ccc3nc(-c4cccnc4N)n(-c4ccc(CN5CCC(Nc6ccnc(C#N)n6)CC5)cc4)c3n2)nn1. The number of aryl methyl sites for hydroxylation is 1. The average molecular weight is 584 g/mol. The monoisotopic (exact) mass is 583 g/mol. The largest absolute Gasteiger partial charge is 0.383 e. The van der Waals surface area contributed by atoms with Crippen molar-refractivity contribution >= 4 is 22.8 Å². The molecule has 3 N–H and O–H groups in total. The number of nitrogens with zero attached hydrogens (tertiary/aromatic N) is 11. The van der Waals surface area contributed by atoms with Gasteiger partial charge in [0, 0.05) is 50.8 Å². The van der Waals surface area contributed by atoms with Gasteiger partial charge >= 0.3 is 0 Å². The molecule has 218 valence electrons. The minimum atomic E-state index is 0.178. The Bertz CT molecular complexity index is 1980. The summed E-state index contributed by atoms with van der Waals surface area (Å²) in [5.74, 6) is 1.95. The molecule has 44 heavy (non-hydrogen) atoms. The summed E-state index contributed by atoms with van der Waals surface area (Å²) in [5, 5.41) is 20.8. The van der Waals surface area contributed by atoms with Crippen LogP contribution in [-0.2, 0) is 13.6 Å². The van der Waals surface area contributed by atoms with Gasteiger partial charge < -0.3 is 11.1 Å². The summed E-state index contributed by atoms with van der Waals surface area (Å²) in [7, 11) is 1.83. The molecule has 13 heteroatoms. The molecule has 1 fully saturated rings. The number of likely N-dealkylation sites (tertiary alicyclic amines) is 1. The van der Waals surface area contributed by atoms with Gasteiger partial charge in [0.1, 0.15) is 28.9 Å². The van der Waals surface area contributed by atoms with Crippen molar-refractivity contribution in [2.24, 2.45) is 7.05 Å². The first-order chi connectivity index (χ1) is 21.5. The molecule has 6 aromatic rings. The number of hydrogen-bond acceptors (Lipinski definition) is 11. The number of rotatable bonds is 7. The van der Waals surface area contributed by atoms with E-state index in [2.05, 4.69) is 59.7 Å². The van der Waals surface area contributed by atoms with Crippen molar-refractivity contribution in [1.29, 1.82) is 5.26 Å². The highest BCUT2D eigenvalue weighted by Crippen LogP contribution is 2.31. The van der Waals surface area contributed by atoms with E-state index in [1.165, 1.54) is 5.56 Å². The van der Waals surface area contributed by atoms with Crippen molar-refractivity contribution in [2.75, 3.05) is 24.1 Å².